The minimum absolute atomic E-state index is 0.0345. The van der Waals surface area contributed by atoms with Crippen LogP contribution in [0.5, 0.6) is 0 Å². The fourth-order valence-electron chi connectivity index (χ4n) is 1.54. The number of hydrogen-bond acceptors (Lipinski definition) is 7. The van der Waals surface area contributed by atoms with Crippen LogP contribution in [0.25, 0.3) is 0 Å². The van der Waals surface area contributed by atoms with Crippen LogP contribution in [0.1, 0.15) is 28.5 Å². The second-order valence-corrected chi connectivity index (χ2v) is 4.16. The minimum atomic E-state index is -0.594. The minimum Gasteiger partial charge on any atom is -0.377 e. The predicted octanol–water partition coefficient (Wildman–Crippen LogP) is -1.62. The van der Waals surface area contributed by atoms with Gasteiger partial charge in [0.2, 0.25) is 5.96 Å². The van der Waals surface area contributed by atoms with Gasteiger partial charge in [-0.05, 0) is 19.4 Å². The summed E-state index contributed by atoms with van der Waals surface area (Å²) >= 11 is 0. The number of hydrogen-bond donors (Lipinski definition) is 4. The first-order chi connectivity index (χ1) is 9.92. The molecule has 1 aromatic heterocycles. The topological polar surface area (TPSA) is 152 Å². The van der Waals surface area contributed by atoms with Gasteiger partial charge in [-0.1, -0.05) is 0 Å². The number of nitrogens with two attached hydrogens (primary N) is 2. The van der Waals surface area contributed by atoms with Crippen LogP contribution in [0.2, 0.25) is 0 Å². The maximum atomic E-state index is 12.1. The van der Waals surface area contributed by atoms with Crippen LogP contribution in [-0.4, -0.2) is 40.7 Å². The van der Waals surface area contributed by atoms with Gasteiger partial charge in [-0.25, -0.2) is 10.9 Å². The number of carbonyl (C=O) groups is 1. The van der Waals surface area contributed by atoms with E-state index in [1.165, 1.54) is 7.05 Å². The lowest BCUT2D eigenvalue weighted by Gasteiger charge is -2.15. The highest BCUT2D eigenvalue weighted by atomic mass is 16.5. The summed E-state index contributed by atoms with van der Waals surface area (Å²) in [6.07, 6.45) is 0. The van der Waals surface area contributed by atoms with Gasteiger partial charge in [0.15, 0.2) is 5.69 Å². The zero-order valence-electron chi connectivity index (χ0n) is 12.1. The zero-order valence-corrected chi connectivity index (χ0v) is 12.1. The molecule has 0 aromatic carbocycles. The third-order valence-electron chi connectivity index (χ3n) is 2.70. The molecule has 0 saturated heterocycles. The maximum absolute atomic E-state index is 12.1. The smallest absolute Gasteiger partial charge is 0.278 e. The predicted molar refractivity (Wildman–Crippen MR) is 76.0 cm³/mol. The van der Waals surface area contributed by atoms with E-state index in [0.717, 1.165) is 5.01 Å². The van der Waals surface area contributed by atoms with E-state index in [-0.39, 0.29) is 18.3 Å². The molecule has 21 heavy (non-hydrogen) atoms. The van der Waals surface area contributed by atoms with Gasteiger partial charge >= 0.3 is 0 Å². The summed E-state index contributed by atoms with van der Waals surface area (Å²) in [6, 6.07) is 0. The first-order valence-corrected chi connectivity index (χ1v) is 6.15. The summed E-state index contributed by atoms with van der Waals surface area (Å²) in [7, 11) is 1.46. The Hall–Kier alpha value is -2.46. The molecule has 1 rings (SSSR count). The van der Waals surface area contributed by atoms with Gasteiger partial charge < -0.3 is 10.6 Å². The lowest BCUT2D eigenvalue weighted by Crippen LogP contribution is -2.46. The van der Waals surface area contributed by atoms with Crippen LogP contribution in [0, 0.1) is 6.92 Å². The first kappa shape index (κ1) is 16.6. The van der Waals surface area contributed by atoms with E-state index in [4.69, 9.17) is 16.4 Å². The second-order valence-electron chi connectivity index (χ2n) is 4.16. The number of ether oxygens (including phenoxy) is 1. The Bertz CT molecular complexity index is 594. The quantitative estimate of drug-likeness (QED) is 0.225. The molecule has 1 amide bonds. The number of hydrazone groups is 1. The van der Waals surface area contributed by atoms with Crippen molar-refractivity contribution in [3.05, 3.63) is 27.2 Å². The largest absolute Gasteiger partial charge is 0.377 e. The molecule has 6 N–H and O–H groups in total. The van der Waals surface area contributed by atoms with Crippen molar-refractivity contribution in [3.63, 3.8) is 0 Å². The number of hydrazine groups is 1. The molecular formula is C11H19N7O3. The van der Waals surface area contributed by atoms with Crippen LogP contribution in [0.15, 0.2) is 9.90 Å². The van der Waals surface area contributed by atoms with Crippen LogP contribution in [-0.2, 0) is 11.3 Å². The number of guanidine groups is 1. The van der Waals surface area contributed by atoms with Crippen molar-refractivity contribution >= 4 is 11.9 Å². The van der Waals surface area contributed by atoms with Crippen molar-refractivity contribution in [2.75, 3.05) is 13.7 Å². The molecule has 0 spiro atoms. The molecule has 10 nitrogen and oxygen atoms in total. The molecule has 10 heteroatoms. The van der Waals surface area contributed by atoms with Gasteiger partial charge in [0.25, 0.3) is 11.5 Å². The third-order valence-corrected chi connectivity index (χ3v) is 2.70. The fraction of sp³-hybridized carbons (Fsp3) is 0.455. The van der Waals surface area contributed by atoms with Gasteiger partial charge in [0.1, 0.15) is 0 Å². The number of aromatic amines is 1. The number of nitrogens with one attached hydrogen (secondary N) is 2. The molecule has 116 valence electrons. The van der Waals surface area contributed by atoms with E-state index < -0.39 is 11.5 Å². The van der Waals surface area contributed by atoms with Crippen molar-refractivity contribution < 1.29 is 9.53 Å². The molecule has 0 aliphatic carbocycles. The molecule has 0 aliphatic heterocycles. The Morgan fingerprint density at radius 2 is 2.24 bits per heavy atom. The first-order valence-electron chi connectivity index (χ1n) is 6.15. The summed E-state index contributed by atoms with van der Waals surface area (Å²) in [5.41, 5.74) is 0.388. The van der Waals surface area contributed by atoms with Gasteiger partial charge in [0.05, 0.1) is 6.61 Å². The van der Waals surface area contributed by atoms with Crippen LogP contribution >= 0.6 is 0 Å². The monoisotopic (exact) mass is 297 g/mol. The van der Waals surface area contributed by atoms with Gasteiger partial charge in [-0.3, -0.25) is 19.9 Å². The lowest BCUT2D eigenvalue weighted by atomic mass is 10.1. The van der Waals surface area contributed by atoms with Crippen LogP contribution in [0.3, 0.4) is 0 Å². The number of nitrogens with zero attached hydrogens (tertiary/aromatic N) is 3. The molecule has 0 unspecified atom stereocenters. The maximum Gasteiger partial charge on any atom is 0.278 e. The van der Waals surface area contributed by atoms with E-state index in [1.807, 2.05) is 0 Å². The Morgan fingerprint density at radius 3 is 2.76 bits per heavy atom. The molecule has 1 aromatic rings. The lowest BCUT2D eigenvalue weighted by molar-refractivity contribution is 0.0964. The molecule has 0 radical (unpaired) electrons. The van der Waals surface area contributed by atoms with E-state index >= 15 is 0 Å². The summed E-state index contributed by atoms with van der Waals surface area (Å²) < 4.78 is 5.21. The van der Waals surface area contributed by atoms with Gasteiger partial charge in [-0.15, -0.1) is 5.10 Å². The van der Waals surface area contributed by atoms with Crippen molar-refractivity contribution in [1.29, 1.82) is 0 Å². The summed E-state index contributed by atoms with van der Waals surface area (Å²) in [5, 5.41) is 12.8. The van der Waals surface area contributed by atoms with E-state index in [9.17, 15) is 9.59 Å². The average molecular weight is 297 g/mol. The second kappa shape index (κ2) is 7.36. The van der Waals surface area contributed by atoms with E-state index in [1.54, 1.807) is 13.8 Å². The Labute approximate surface area is 121 Å². The molecular weight excluding hydrogens is 278 g/mol. The summed E-state index contributed by atoms with van der Waals surface area (Å²) in [5.74, 6) is 9.91. The highest BCUT2D eigenvalue weighted by Crippen LogP contribution is 2.07. The zero-order chi connectivity index (χ0) is 16.0. The Morgan fingerprint density at radius 1 is 1.57 bits per heavy atom. The van der Waals surface area contributed by atoms with Crippen LogP contribution in [0.4, 0.5) is 0 Å². The molecule has 1 heterocycles. The molecule has 0 saturated carbocycles. The van der Waals surface area contributed by atoms with Crippen molar-refractivity contribution in [1.82, 2.24) is 20.5 Å². The van der Waals surface area contributed by atoms with E-state index in [0.29, 0.717) is 17.7 Å². The summed E-state index contributed by atoms with van der Waals surface area (Å²) in [4.78, 5) is 23.8. The highest BCUT2D eigenvalue weighted by molar-refractivity contribution is 6.05. The standard InChI is InChI=1S/C11H19N7O3/c1-4-21-5-7-6(2)8(16-17-9(7)19)10(20)14-11(15-12)18(3)13/h4-5,12-13H2,1-3H3,(H,17,19)(H,14,15,20). The number of amides is 1. The number of H-pyrrole nitrogens is 1. The molecule has 0 atom stereocenters. The molecule has 0 fully saturated rings. The van der Waals surface area contributed by atoms with Crippen molar-refractivity contribution in [2.24, 2.45) is 16.8 Å². The number of aromatic nitrogens is 2. The van der Waals surface area contributed by atoms with Crippen molar-refractivity contribution in [2.45, 2.75) is 20.5 Å². The number of carbonyl (C=O) groups excluding carboxylic acids is 1. The fourth-order valence-corrected chi connectivity index (χ4v) is 1.54. The molecule has 0 aliphatic rings. The van der Waals surface area contributed by atoms with Crippen molar-refractivity contribution in [3.8, 4) is 0 Å². The van der Waals surface area contributed by atoms with Crippen LogP contribution < -0.4 is 22.6 Å². The summed E-state index contributed by atoms with van der Waals surface area (Å²) in [6.45, 7) is 3.95. The average Bonchev–Trinajstić information content (AvgIpc) is 2.44. The van der Waals surface area contributed by atoms with Gasteiger partial charge in [0, 0.05) is 19.2 Å². The highest BCUT2D eigenvalue weighted by Gasteiger charge is 2.18. The Kier molecular flexibility index (Phi) is 5.81. The SMILES string of the molecule is CCOCc1c(C)c(C(=O)N/C(=N/N)N(C)N)n[nH]c1=O. The van der Waals surface area contributed by atoms with E-state index in [2.05, 4.69) is 20.6 Å². The number of rotatable bonds is 4. The Balaban J connectivity index is 3.08. The third kappa shape index (κ3) is 4.00. The molecule has 0 bridgehead atoms. The normalized spacial score (nSPS) is 11.3. The van der Waals surface area contributed by atoms with Gasteiger partial charge in [-0.2, -0.15) is 5.10 Å².